The van der Waals surface area contributed by atoms with Crippen LogP contribution in [0.1, 0.15) is 59.8 Å². The second-order valence-corrected chi connectivity index (χ2v) is 8.84. The molecule has 0 radical (unpaired) electrons. The van der Waals surface area contributed by atoms with Crippen molar-refractivity contribution in [2.45, 2.75) is 71.4 Å². The second-order valence-electron chi connectivity index (χ2n) is 8.84. The Balaban J connectivity index is 1.99. The van der Waals surface area contributed by atoms with E-state index in [1.807, 2.05) is 20.8 Å². The summed E-state index contributed by atoms with van der Waals surface area (Å²) < 4.78 is 10.7. The number of nitrogens with zero attached hydrogens (tertiary/aromatic N) is 2. The van der Waals surface area contributed by atoms with Crippen LogP contribution in [0, 0.1) is 5.41 Å². The fraction of sp³-hybridized carbons (Fsp3) is 0.850. The van der Waals surface area contributed by atoms with Gasteiger partial charge in [-0.1, -0.05) is 0 Å². The average Bonchev–Trinajstić information content (AvgIpc) is 2.60. The maximum absolute atomic E-state index is 12.6. The quantitative estimate of drug-likeness (QED) is 0.711. The summed E-state index contributed by atoms with van der Waals surface area (Å²) >= 11 is 0. The molecule has 2 fully saturated rings. The molecule has 1 N–H and O–H groups in total. The number of esters is 1. The number of ether oxygens (including phenoxy) is 2. The third-order valence-electron chi connectivity index (χ3n) is 5.44. The highest BCUT2D eigenvalue weighted by Crippen LogP contribution is 2.37. The molecule has 2 saturated heterocycles. The highest BCUT2D eigenvalue weighted by atomic mass is 16.6. The van der Waals surface area contributed by atoms with Crippen LogP contribution in [0.3, 0.4) is 0 Å². The molecule has 0 bridgehead atoms. The van der Waals surface area contributed by atoms with Crippen LogP contribution >= 0.6 is 0 Å². The lowest BCUT2D eigenvalue weighted by Crippen LogP contribution is -2.55. The van der Waals surface area contributed by atoms with Crippen LogP contribution in [0.4, 0.5) is 4.79 Å². The summed E-state index contributed by atoms with van der Waals surface area (Å²) in [7, 11) is 0. The summed E-state index contributed by atoms with van der Waals surface area (Å²) in [4.78, 5) is 40.2. The van der Waals surface area contributed by atoms with E-state index < -0.39 is 23.0 Å². The van der Waals surface area contributed by atoms with Crippen molar-refractivity contribution in [2.24, 2.45) is 5.41 Å². The first kappa shape index (κ1) is 22.5. The van der Waals surface area contributed by atoms with Crippen LogP contribution in [0.25, 0.3) is 0 Å². The first-order valence-electron chi connectivity index (χ1n) is 10.2. The minimum atomic E-state index is -0.984. The van der Waals surface area contributed by atoms with Gasteiger partial charge in [-0.15, -0.1) is 0 Å². The first-order chi connectivity index (χ1) is 13.1. The van der Waals surface area contributed by atoms with Crippen molar-refractivity contribution in [2.75, 3.05) is 32.8 Å². The van der Waals surface area contributed by atoms with Crippen molar-refractivity contribution in [1.29, 1.82) is 0 Å². The number of carboxylic acid groups (broad SMARTS) is 1. The molecule has 0 aromatic heterocycles. The maximum atomic E-state index is 12.6. The van der Waals surface area contributed by atoms with E-state index in [-0.39, 0.29) is 25.2 Å². The lowest BCUT2D eigenvalue weighted by Gasteiger charge is -2.45. The molecule has 0 aromatic carbocycles. The van der Waals surface area contributed by atoms with Crippen molar-refractivity contribution >= 4 is 18.0 Å². The topological polar surface area (TPSA) is 96.4 Å². The van der Waals surface area contributed by atoms with Crippen molar-refractivity contribution in [1.82, 2.24) is 9.80 Å². The average molecular weight is 399 g/mol. The number of carbonyl (C=O) groups is 3. The van der Waals surface area contributed by atoms with E-state index in [4.69, 9.17) is 9.47 Å². The maximum Gasteiger partial charge on any atom is 0.410 e. The molecule has 2 heterocycles. The monoisotopic (exact) mass is 398 g/mol. The second kappa shape index (κ2) is 9.11. The van der Waals surface area contributed by atoms with Crippen molar-refractivity contribution in [3.05, 3.63) is 0 Å². The van der Waals surface area contributed by atoms with Crippen LogP contribution in [0.5, 0.6) is 0 Å². The lowest BCUT2D eigenvalue weighted by atomic mass is 9.76. The SMILES string of the molecule is CCOC(=O)C1(CC(=O)O)CCCN(C2CCN(C(=O)OC(C)(C)C)CC2)C1. The summed E-state index contributed by atoms with van der Waals surface area (Å²) in [6.07, 6.45) is 2.36. The molecule has 2 aliphatic heterocycles. The smallest absolute Gasteiger partial charge is 0.410 e. The molecule has 0 saturated carbocycles. The Hall–Kier alpha value is -1.83. The summed E-state index contributed by atoms with van der Waals surface area (Å²) in [5.74, 6) is -1.39. The fourth-order valence-electron chi connectivity index (χ4n) is 4.18. The van der Waals surface area contributed by atoms with Gasteiger partial charge in [-0.25, -0.2) is 4.79 Å². The van der Waals surface area contributed by atoms with Gasteiger partial charge in [-0.3, -0.25) is 14.5 Å². The van der Waals surface area contributed by atoms with Gasteiger partial charge in [0.15, 0.2) is 0 Å². The molecule has 1 atom stereocenters. The highest BCUT2D eigenvalue weighted by molar-refractivity contribution is 5.83. The Bertz CT molecular complexity index is 580. The van der Waals surface area contributed by atoms with Crippen LogP contribution in [0.2, 0.25) is 0 Å². The molecule has 160 valence electrons. The fourth-order valence-corrected chi connectivity index (χ4v) is 4.18. The number of rotatable bonds is 5. The number of likely N-dealkylation sites (tertiary alicyclic amines) is 2. The van der Waals surface area contributed by atoms with Gasteiger partial charge in [0.25, 0.3) is 0 Å². The third-order valence-corrected chi connectivity index (χ3v) is 5.44. The Labute approximate surface area is 167 Å². The predicted octanol–water partition coefficient (Wildman–Crippen LogP) is 2.51. The van der Waals surface area contributed by atoms with E-state index in [2.05, 4.69) is 4.90 Å². The lowest BCUT2D eigenvalue weighted by molar-refractivity contribution is -0.165. The van der Waals surface area contributed by atoms with Crippen LogP contribution in [0.15, 0.2) is 0 Å². The predicted molar refractivity (Wildman–Crippen MR) is 103 cm³/mol. The Morgan fingerprint density at radius 1 is 1.14 bits per heavy atom. The van der Waals surface area contributed by atoms with E-state index in [9.17, 15) is 19.5 Å². The summed E-state index contributed by atoms with van der Waals surface area (Å²) in [5, 5.41) is 9.35. The molecule has 28 heavy (non-hydrogen) atoms. The van der Waals surface area contributed by atoms with Gasteiger partial charge in [-0.2, -0.15) is 0 Å². The molecule has 8 nitrogen and oxygen atoms in total. The Morgan fingerprint density at radius 3 is 2.32 bits per heavy atom. The molecule has 8 heteroatoms. The van der Waals surface area contributed by atoms with E-state index in [0.717, 1.165) is 25.8 Å². The van der Waals surface area contributed by atoms with Gasteiger partial charge in [0.05, 0.1) is 18.4 Å². The molecule has 0 aliphatic carbocycles. The van der Waals surface area contributed by atoms with Crippen molar-refractivity contribution < 1.29 is 29.0 Å². The minimum absolute atomic E-state index is 0.209. The van der Waals surface area contributed by atoms with Crippen molar-refractivity contribution in [3.63, 3.8) is 0 Å². The number of aliphatic carboxylic acids is 1. The molecular formula is C20H34N2O6. The number of carboxylic acids is 1. The molecule has 2 aliphatic rings. The van der Waals surface area contributed by atoms with Gasteiger partial charge in [-0.05, 0) is 59.9 Å². The van der Waals surface area contributed by atoms with E-state index >= 15 is 0 Å². The molecule has 1 unspecified atom stereocenters. The normalized spacial score (nSPS) is 24.6. The molecular weight excluding hydrogens is 364 g/mol. The molecule has 1 amide bonds. The zero-order chi connectivity index (χ0) is 20.9. The Morgan fingerprint density at radius 2 is 1.79 bits per heavy atom. The Kier molecular flexibility index (Phi) is 7.31. The van der Waals surface area contributed by atoms with Gasteiger partial charge in [0, 0.05) is 25.7 Å². The van der Waals surface area contributed by atoms with E-state index in [0.29, 0.717) is 26.1 Å². The van der Waals surface area contributed by atoms with Gasteiger partial charge in [0.1, 0.15) is 5.60 Å². The standard InChI is InChI=1S/C20H34N2O6/c1-5-27-17(25)20(13-16(23)24)9-6-10-22(14-20)15-7-11-21(12-8-15)18(26)28-19(2,3)4/h15H,5-14H2,1-4H3,(H,23,24). The molecule has 2 rings (SSSR count). The zero-order valence-electron chi connectivity index (χ0n) is 17.5. The number of hydrogen-bond donors (Lipinski definition) is 1. The van der Waals surface area contributed by atoms with E-state index in [1.54, 1.807) is 11.8 Å². The van der Waals surface area contributed by atoms with E-state index in [1.165, 1.54) is 0 Å². The summed E-state index contributed by atoms with van der Waals surface area (Å²) in [5.41, 5.74) is -1.50. The zero-order valence-corrected chi connectivity index (χ0v) is 17.5. The third kappa shape index (κ3) is 5.83. The molecule has 0 aromatic rings. The molecule has 0 spiro atoms. The van der Waals surface area contributed by atoms with Gasteiger partial charge < -0.3 is 19.5 Å². The first-order valence-corrected chi connectivity index (χ1v) is 10.2. The number of piperidine rings is 2. The van der Waals surface area contributed by atoms with Crippen LogP contribution < -0.4 is 0 Å². The van der Waals surface area contributed by atoms with Crippen molar-refractivity contribution in [3.8, 4) is 0 Å². The van der Waals surface area contributed by atoms with Crippen LogP contribution in [-0.2, 0) is 19.1 Å². The highest BCUT2D eigenvalue weighted by Gasteiger charge is 2.46. The summed E-state index contributed by atoms with van der Waals surface area (Å²) in [6.45, 7) is 9.96. The summed E-state index contributed by atoms with van der Waals surface area (Å²) in [6, 6.07) is 0.224. The number of hydrogen-bond acceptors (Lipinski definition) is 6. The minimum Gasteiger partial charge on any atom is -0.481 e. The van der Waals surface area contributed by atoms with Crippen LogP contribution in [-0.4, -0.2) is 77.4 Å². The number of amides is 1. The van der Waals surface area contributed by atoms with Gasteiger partial charge in [0.2, 0.25) is 0 Å². The largest absolute Gasteiger partial charge is 0.481 e. The number of carbonyl (C=O) groups excluding carboxylic acids is 2. The van der Waals surface area contributed by atoms with Gasteiger partial charge >= 0.3 is 18.0 Å².